The second-order valence-electron chi connectivity index (χ2n) is 0.224. The molecule has 0 fully saturated rings. The van der Waals surface area contributed by atoms with E-state index in [1.54, 1.807) is 0 Å². The molecular formula is H3CuNO5. The van der Waals surface area contributed by atoms with Crippen LogP contribution in [0.5, 0.6) is 0 Å². The van der Waals surface area contributed by atoms with Gasteiger partial charge in [-0.3, -0.25) is 0 Å². The Morgan fingerprint density at radius 3 is 1.29 bits per heavy atom. The molecule has 7 heteroatoms. The smallest absolute Gasteiger partial charge is 0.870 e. The van der Waals surface area contributed by atoms with Crippen molar-refractivity contribution >= 4 is 0 Å². The minimum Gasteiger partial charge on any atom is -0.870 e. The van der Waals surface area contributed by atoms with E-state index in [1.807, 2.05) is 0 Å². The van der Waals surface area contributed by atoms with Crippen molar-refractivity contribution < 1.29 is 33.1 Å². The summed E-state index contributed by atoms with van der Waals surface area (Å²) in [7, 11) is 0. The van der Waals surface area contributed by atoms with Crippen LogP contribution >= 0.6 is 0 Å². The molecule has 0 saturated heterocycles. The molecule has 0 rings (SSSR count). The fourth-order valence-electron chi connectivity index (χ4n) is 0. The predicted octanol–water partition coefficient (Wildman–Crippen LogP) is -1.24. The Bertz CT molecular complexity index is 31.1. The Labute approximate surface area is 49.3 Å². The fraction of sp³-hybridized carbons (Fsp3) is 0. The first-order chi connectivity index (χ1) is 1.73. The molecule has 3 N–H and O–H groups in total. The Morgan fingerprint density at radius 2 is 1.29 bits per heavy atom. The van der Waals surface area contributed by atoms with Gasteiger partial charge >= 0.3 is 17.1 Å². The van der Waals surface area contributed by atoms with E-state index in [0.29, 0.717) is 0 Å². The van der Waals surface area contributed by atoms with Crippen molar-refractivity contribution in [2.24, 2.45) is 0 Å². The van der Waals surface area contributed by atoms with Crippen LogP contribution in [-0.2, 0) is 17.1 Å². The monoisotopic (exact) mass is 160 g/mol. The van der Waals surface area contributed by atoms with Crippen molar-refractivity contribution in [3.8, 4) is 0 Å². The summed E-state index contributed by atoms with van der Waals surface area (Å²) in [5, 5.41) is 14.8. The van der Waals surface area contributed by atoms with Crippen LogP contribution in [0.25, 0.3) is 0 Å². The molecule has 0 spiro atoms. The maximum absolute atomic E-state index is 8.25. The van der Waals surface area contributed by atoms with Gasteiger partial charge < -0.3 is 26.3 Å². The molecule has 0 aliphatic rings. The van der Waals surface area contributed by atoms with Gasteiger partial charge in [-0.05, 0) is 0 Å². The van der Waals surface area contributed by atoms with Gasteiger partial charge in [0.1, 0.15) is 0 Å². The Hall–Kier alpha value is -0.361. The third kappa shape index (κ3) is 575. The van der Waals surface area contributed by atoms with Crippen LogP contribution in [0.2, 0.25) is 0 Å². The van der Waals surface area contributed by atoms with Crippen molar-refractivity contribution in [1.29, 1.82) is 0 Å². The van der Waals surface area contributed by atoms with Crippen LogP contribution in [0.3, 0.4) is 0 Å². The first-order valence-electron chi connectivity index (χ1n) is 0.548. The van der Waals surface area contributed by atoms with E-state index in [1.165, 1.54) is 0 Å². The fourth-order valence-corrected chi connectivity index (χ4v) is 0. The molecule has 1 radical (unpaired) electrons. The normalized spacial score (nSPS) is 3.43. The van der Waals surface area contributed by atoms with E-state index in [9.17, 15) is 0 Å². The second kappa shape index (κ2) is 17.4. The molecule has 49 valence electrons. The van der Waals surface area contributed by atoms with E-state index in [-0.39, 0.29) is 28.0 Å². The summed E-state index contributed by atoms with van der Waals surface area (Å²) in [6.45, 7) is 0. The summed E-state index contributed by atoms with van der Waals surface area (Å²) in [6.07, 6.45) is 0. The molecule has 0 amide bonds. The molecule has 0 unspecified atom stereocenters. The standard InChI is InChI=1S/Cu.NO3.2H2O/c;2-1(3)4;;/h;;2*1H2/q+2;-1;;/p-1. The van der Waals surface area contributed by atoms with Crippen molar-refractivity contribution in [1.82, 2.24) is 0 Å². The molecule has 0 aliphatic carbocycles. The first kappa shape index (κ1) is 30.3. The molecule has 0 heterocycles. The largest absolute Gasteiger partial charge is 2.00 e. The number of rotatable bonds is 0. The molecule has 0 aromatic heterocycles. The molecule has 6 nitrogen and oxygen atoms in total. The zero-order valence-electron chi connectivity index (χ0n) is 2.92. The van der Waals surface area contributed by atoms with Gasteiger partial charge in [-0.2, -0.15) is 0 Å². The van der Waals surface area contributed by atoms with Gasteiger partial charge in [0.25, 0.3) is 0 Å². The minimum atomic E-state index is -1.75. The molecule has 7 heavy (non-hydrogen) atoms. The quantitative estimate of drug-likeness (QED) is 0.249. The van der Waals surface area contributed by atoms with Gasteiger partial charge in [0, 0.05) is 0 Å². The van der Waals surface area contributed by atoms with Crippen LogP contribution < -0.4 is 0 Å². The van der Waals surface area contributed by atoms with Crippen molar-refractivity contribution in [3.63, 3.8) is 0 Å². The van der Waals surface area contributed by atoms with E-state index >= 15 is 0 Å². The average Bonchev–Trinajstić information content (AvgIpc) is 0.811. The zero-order valence-corrected chi connectivity index (χ0v) is 3.86. The second-order valence-corrected chi connectivity index (χ2v) is 0.224. The van der Waals surface area contributed by atoms with Crippen LogP contribution in [0.15, 0.2) is 0 Å². The summed E-state index contributed by atoms with van der Waals surface area (Å²) >= 11 is 0. The van der Waals surface area contributed by atoms with Crippen LogP contribution in [0.4, 0.5) is 0 Å². The topological polar surface area (TPSA) is 128 Å². The molecule has 0 atom stereocenters. The van der Waals surface area contributed by atoms with Gasteiger partial charge in [-0.15, -0.1) is 0 Å². The van der Waals surface area contributed by atoms with Crippen LogP contribution in [-0.4, -0.2) is 16.0 Å². The Morgan fingerprint density at radius 1 is 1.29 bits per heavy atom. The molecule has 0 saturated carbocycles. The minimum absolute atomic E-state index is 0. The van der Waals surface area contributed by atoms with Gasteiger partial charge in [0.2, 0.25) is 0 Å². The summed E-state index contributed by atoms with van der Waals surface area (Å²) in [4.78, 5) is 8.25. The molecule has 0 aromatic rings. The predicted molar refractivity (Wildman–Crippen MR) is 15.9 cm³/mol. The van der Waals surface area contributed by atoms with Crippen molar-refractivity contribution in [2.75, 3.05) is 0 Å². The third-order valence-corrected chi connectivity index (χ3v) is 0. The van der Waals surface area contributed by atoms with Crippen molar-refractivity contribution in [2.45, 2.75) is 0 Å². The van der Waals surface area contributed by atoms with Gasteiger partial charge in [0.05, 0.1) is 5.09 Å². The number of nitrogens with zero attached hydrogens (tertiary/aromatic N) is 1. The van der Waals surface area contributed by atoms with Gasteiger partial charge in [-0.25, -0.2) is 0 Å². The van der Waals surface area contributed by atoms with E-state index in [4.69, 9.17) is 15.3 Å². The van der Waals surface area contributed by atoms with E-state index < -0.39 is 5.09 Å². The van der Waals surface area contributed by atoms with Crippen molar-refractivity contribution in [3.05, 3.63) is 15.3 Å². The number of hydrogen-bond acceptors (Lipinski definition) is 4. The molecule has 0 aromatic carbocycles. The molecular weight excluding hydrogens is 158 g/mol. The summed E-state index contributed by atoms with van der Waals surface area (Å²) in [5.74, 6) is 0. The SMILES string of the molecule is O.O=[N+]([O-])[O-].[Cu+2].[OH-]. The molecule has 0 bridgehead atoms. The Kier molecular flexibility index (Phi) is 75.4. The summed E-state index contributed by atoms with van der Waals surface area (Å²) in [5.41, 5.74) is 0. The Balaban J connectivity index is -0.0000000150. The number of hydrogen-bond donors (Lipinski definition) is 0. The zero-order chi connectivity index (χ0) is 3.58. The van der Waals surface area contributed by atoms with Gasteiger partial charge in [0.15, 0.2) is 0 Å². The average molecular weight is 161 g/mol. The van der Waals surface area contributed by atoms with E-state index in [0.717, 1.165) is 0 Å². The summed E-state index contributed by atoms with van der Waals surface area (Å²) in [6, 6.07) is 0. The molecule has 0 aliphatic heterocycles. The maximum atomic E-state index is 8.25. The van der Waals surface area contributed by atoms with E-state index in [2.05, 4.69) is 0 Å². The first-order valence-corrected chi connectivity index (χ1v) is 0.548. The summed E-state index contributed by atoms with van der Waals surface area (Å²) < 4.78 is 0. The van der Waals surface area contributed by atoms with Crippen LogP contribution in [0, 0.1) is 15.3 Å². The maximum Gasteiger partial charge on any atom is 2.00 e. The van der Waals surface area contributed by atoms with Gasteiger partial charge in [-0.1, -0.05) is 0 Å². The van der Waals surface area contributed by atoms with Crippen LogP contribution in [0.1, 0.15) is 0 Å². The third-order valence-electron chi connectivity index (χ3n) is 0.